The fourth-order valence-electron chi connectivity index (χ4n) is 2.09. The second-order valence-electron chi connectivity index (χ2n) is 5.17. The molecule has 0 heterocycles. The van der Waals surface area contributed by atoms with Crippen LogP contribution in [0.25, 0.3) is 0 Å². The van der Waals surface area contributed by atoms with Crippen LogP contribution in [0.4, 0.5) is 0 Å². The molecule has 0 saturated carbocycles. The van der Waals surface area contributed by atoms with Gasteiger partial charge in [-0.05, 0) is 51.3 Å². The standard InChI is InChI=1S/C16H25NO2/c1-6-19-16(18)11-17(12(2)3)10-15-13(4)8-7-9-14(15)5/h7-9,12H,6,10-11H2,1-5H3. The van der Waals surface area contributed by atoms with E-state index in [1.165, 1.54) is 16.7 Å². The molecule has 0 fully saturated rings. The maximum atomic E-state index is 11.7. The first kappa shape index (κ1) is 15.7. The third kappa shape index (κ3) is 4.67. The van der Waals surface area contributed by atoms with Crippen LogP contribution in [0.2, 0.25) is 0 Å². The fraction of sp³-hybridized carbons (Fsp3) is 0.562. The van der Waals surface area contributed by atoms with Crippen molar-refractivity contribution in [2.24, 2.45) is 0 Å². The molecule has 0 spiro atoms. The topological polar surface area (TPSA) is 29.5 Å². The monoisotopic (exact) mass is 263 g/mol. The zero-order chi connectivity index (χ0) is 14.4. The van der Waals surface area contributed by atoms with Crippen molar-refractivity contribution >= 4 is 5.97 Å². The smallest absolute Gasteiger partial charge is 0.320 e. The van der Waals surface area contributed by atoms with Crippen molar-refractivity contribution in [2.75, 3.05) is 13.2 Å². The van der Waals surface area contributed by atoms with Gasteiger partial charge in [0.15, 0.2) is 0 Å². The molecule has 0 N–H and O–H groups in total. The Kier molecular flexibility index (Phi) is 6.03. The van der Waals surface area contributed by atoms with Gasteiger partial charge in [-0.3, -0.25) is 9.69 Å². The number of rotatable bonds is 6. The van der Waals surface area contributed by atoms with Crippen molar-refractivity contribution in [3.8, 4) is 0 Å². The highest BCUT2D eigenvalue weighted by atomic mass is 16.5. The van der Waals surface area contributed by atoms with Gasteiger partial charge in [0.1, 0.15) is 0 Å². The van der Waals surface area contributed by atoms with Crippen LogP contribution in [-0.2, 0) is 16.1 Å². The zero-order valence-corrected chi connectivity index (χ0v) is 12.7. The summed E-state index contributed by atoms with van der Waals surface area (Å²) < 4.78 is 5.04. The van der Waals surface area contributed by atoms with Crippen molar-refractivity contribution in [1.29, 1.82) is 0 Å². The average Bonchev–Trinajstić information content (AvgIpc) is 2.32. The Hall–Kier alpha value is -1.35. The number of benzene rings is 1. The Morgan fingerprint density at radius 1 is 1.26 bits per heavy atom. The second kappa shape index (κ2) is 7.29. The summed E-state index contributed by atoms with van der Waals surface area (Å²) in [6.45, 7) is 11.8. The van der Waals surface area contributed by atoms with Gasteiger partial charge in [0.05, 0.1) is 13.2 Å². The van der Waals surface area contributed by atoms with Gasteiger partial charge < -0.3 is 4.74 Å². The van der Waals surface area contributed by atoms with Gasteiger partial charge in [-0.15, -0.1) is 0 Å². The lowest BCUT2D eigenvalue weighted by molar-refractivity contribution is -0.145. The first-order valence-corrected chi connectivity index (χ1v) is 6.90. The van der Waals surface area contributed by atoms with E-state index in [1.807, 2.05) is 6.92 Å². The van der Waals surface area contributed by atoms with E-state index in [-0.39, 0.29) is 5.97 Å². The summed E-state index contributed by atoms with van der Waals surface area (Å²) in [4.78, 5) is 13.8. The molecule has 1 aromatic rings. The van der Waals surface area contributed by atoms with Crippen molar-refractivity contribution in [1.82, 2.24) is 4.90 Å². The Labute approximate surface area is 116 Å². The minimum atomic E-state index is -0.151. The Morgan fingerprint density at radius 3 is 2.32 bits per heavy atom. The van der Waals surface area contributed by atoms with Crippen LogP contribution in [0.15, 0.2) is 18.2 Å². The lowest BCUT2D eigenvalue weighted by atomic mass is 10.0. The van der Waals surface area contributed by atoms with Gasteiger partial charge in [0.2, 0.25) is 0 Å². The number of carbonyl (C=O) groups excluding carboxylic acids is 1. The molecule has 19 heavy (non-hydrogen) atoms. The highest BCUT2D eigenvalue weighted by Gasteiger charge is 2.16. The Bertz CT molecular complexity index is 407. The molecule has 0 aromatic heterocycles. The average molecular weight is 263 g/mol. The summed E-state index contributed by atoms with van der Waals surface area (Å²) in [7, 11) is 0. The van der Waals surface area contributed by atoms with E-state index < -0.39 is 0 Å². The maximum absolute atomic E-state index is 11.7. The maximum Gasteiger partial charge on any atom is 0.320 e. The molecule has 0 aliphatic rings. The molecular formula is C16H25NO2. The highest BCUT2D eigenvalue weighted by Crippen LogP contribution is 2.17. The molecule has 0 bridgehead atoms. The van der Waals surface area contributed by atoms with E-state index in [0.29, 0.717) is 19.2 Å². The predicted molar refractivity (Wildman–Crippen MR) is 78.1 cm³/mol. The summed E-state index contributed by atoms with van der Waals surface area (Å²) in [5, 5.41) is 0. The minimum absolute atomic E-state index is 0.151. The molecule has 0 amide bonds. The van der Waals surface area contributed by atoms with Gasteiger partial charge >= 0.3 is 5.97 Å². The van der Waals surface area contributed by atoms with Gasteiger partial charge in [0.25, 0.3) is 0 Å². The number of carbonyl (C=O) groups is 1. The summed E-state index contributed by atoms with van der Waals surface area (Å²) in [6, 6.07) is 6.61. The number of ether oxygens (including phenoxy) is 1. The first-order valence-electron chi connectivity index (χ1n) is 6.90. The number of hydrogen-bond acceptors (Lipinski definition) is 3. The van der Waals surface area contributed by atoms with Crippen LogP contribution < -0.4 is 0 Å². The third-order valence-corrected chi connectivity index (χ3v) is 3.37. The van der Waals surface area contributed by atoms with E-state index in [1.54, 1.807) is 0 Å². The van der Waals surface area contributed by atoms with Gasteiger partial charge in [-0.1, -0.05) is 18.2 Å². The molecule has 3 heteroatoms. The molecule has 0 atom stereocenters. The molecule has 0 saturated heterocycles. The third-order valence-electron chi connectivity index (χ3n) is 3.37. The molecule has 0 aliphatic heterocycles. The van der Waals surface area contributed by atoms with Gasteiger partial charge in [-0.25, -0.2) is 0 Å². The number of esters is 1. The minimum Gasteiger partial charge on any atom is -0.465 e. The lowest BCUT2D eigenvalue weighted by Gasteiger charge is -2.27. The number of hydrogen-bond donors (Lipinski definition) is 0. The molecule has 3 nitrogen and oxygen atoms in total. The molecule has 106 valence electrons. The summed E-state index contributed by atoms with van der Waals surface area (Å²) in [5.41, 5.74) is 3.85. The van der Waals surface area contributed by atoms with E-state index in [9.17, 15) is 4.79 Å². The normalized spacial score (nSPS) is 11.1. The van der Waals surface area contributed by atoms with E-state index in [2.05, 4.69) is 50.8 Å². The van der Waals surface area contributed by atoms with Crippen molar-refractivity contribution in [3.63, 3.8) is 0 Å². The number of aryl methyl sites for hydroxylation is 2. The first-order chi connectivity index (χ1) is 8.95. The van der Waals surface area contributed by atoms with Gasteiger partial charge in [-0.2, -0.15) is 0 Å². The Morgan fingerprint density at radius 2 is 1.84 bits per heavy atom. The van der Waals surface area contributed by atoms with Crippen molar-refractivity contribution in [3.05, 3.63) is 34.9 Å². The van der Waals surface area contributed by atoms with Gasteiger partial charge in [0, 0.05) is 12.6 Å². The number of nitrogens with zero attached hydrogens (tertiary/aromatic N) is 1. The largest absolute Gasteiger partial charge is 0.465 e. The van der Waals surface area contributed by atoms with E-state index in [4.69, 9.17) is 4.74 Å². The predicted octanol–water partition coefficient (Wildman–Crippen LogP) is 3.08. The summed E-state index contributed by atoms with van der Waals surface area (Å²) >= 11 is 0. The highest BCUT2D eigenvalue weighted by molar-refractivity contribution is 5.71. The lowest BCUT2D eigenvalue weighted by Crippen LogP contribution is -2.36. The van der Waals surface area contributed by atoms with Crippen LogP contribution in [0.5, 0.6) is 0 Å². The second-order valence-corrected chi connectivity index (χ2v) is 5.17. The van der Waals surface area contributed by atoms with Crippen LogP contribution in [-0.4, -0.2) is 30.1 Å². The molecule has 1 aromatic carbocycles. The molecule has 1 rings (SSSR count). The molecule has 0 unspecified atom stereocenters. The molecule has 0 radical (unpaired) electrons. The summed E-state index contributed by atoms with van der Waals surface area (Å²) in [5.74, 6) is -0.151. The molecule has 0 aliphatic carbocycles. The van der Waals surface area contributed by atoms with Crippen molar-refractivity contribution in [2.45, 2.75) is 47.2 Å². The summed E-state index contributed by atoms with van der Waals surface area (Å²) in [6.07, 6.45) is 0. The Balaban J connectivity index is 2.81. The van der Waals surface area contributed by atoms with Crippen molar-refractivity contribution < 1.29 is 9.53 Å². The van der Waals surface area contributed by atoms with Crippen LogP contribution >= 0.6 is 0 Å². The quantitative estimate of drug-likeness (QED) is 0.739. The van der Waals surface area contributed by atoms with E-state index in [0.717, 1.165) is 6.54 Å². The molecular weight excluding hydrogens is 238 g/mol. The van der Waals surface area contributed by atoms with Crippen LogP contribution in [0, 0.1) is 13.8 Å². The zero-order valence-electron chi connectivity index (χ0n) is 12.7. The van der Waals surface area contributed by atoms with E-state index >= 15 is 0 Å². The van der Waals surface area contributed by atoms with Crippen LogP contribution in [0.3, 0.4) is 0 Å². The fourth-order valence-corrected chi connectivity index (χ4v) is 2.09. The van der Waals surface area contributed by atoms with Crippen LogP contribution in [0.1, 0.15) is 37.5 Å². The SMILES string of the molecule is CCOC(=O)CN(Cc1c(C)cccc1C)C(C)C.